The van der Waals surface area contributed by atoms with Crippen LogP contribution >= 0.6 is 12.2 Å². The van der Waals surface area contributed by atoms with Crippen LogP contribution in [0.1, 0.15) is 62.1 Å². The Morgan fingerprint density at radius 1 is 0.943 bits per heavy atom. The molecule has 2 fully saturated rings. The molecule has 3 atom stereocenters. The van der Waals surface area contributed by atoms with E-state index in [9.17, 15) is 19.5 Å². The van der Waals surface area contributed by atoms with Gasteiger partial charge in [-0.3, -0.25) is 9.59 Å². The van der Waals surface area contributed by atoms with Crippen LogP contribution in [0.2, 0.25) is 0 Å². The van der Waals surface area contributed by atoms with Gasteiger partial charge in [-0.25, -0.2) is 4.79 Å². The number of carboxylic acids is 1. The number of benzene rings is 2. The normalized spacial score (nSPS) is 24.3. The Balaban J connectivity index is 1.52. The molecule has 5 rings (SSSR count). The summed E-state index contributed by atoms with van der Waals surface area (Å²) in [6.45, 7) is 0. The van der Waals surface area contributed by atoms with Gasteiger partial charge in [-0.05, 0) is 66.3 Å². The Bertz CT molecular complexity index is 1160. The van der Waals surface area contributed by atoms with Crippen molar-refractivity contribution in [3.63, 3.8) is 0 Å². The number of nitrogens with zero attached hydrogens (tertiary/aromatic N) is 1. The molecular formula is C28H30N2O4S. The highest BCUT2D eigenvalue weighted by Crippen LogP contribution is 2.41. The second-order valence-electron chi connectivity index (χ2n) is 9.90. The Kier molecular flexibility index (Phi) is 6.69. The van der Waals surface area contributed by atoms with Gasteiger partial charge in [0.25, 0.3) is 5.91 Å². The lowest BCUT2D eigenvalue weighted by Gasteiger charge is -2.40. The Labute approximate surface area is 210 Å². The van der Waals surface area contributed by atoms with Crippen LogP contribution < -0.4 is 5.32 Å². The molecule has 1 aliphatic carbocycles. The number of fused-ring (bicyclic) bond motifs is 3. The van der Waals surface area contributed by atoms with Gasteiger partial charge in [-0.15, -0.1) is 0 Å². The summed E-state index contributed by atoms with van der Waals surface area (Å²) in [6, 6.07) is 14.1. The average molecular weight is 491 g/mol. The summed E-state index contributed by atoms with van der Waals surface area (Å²) >= 11 is 5.48. The molecule has 182 valence electrons. The number of piperidine rings is 1. The lowest BCUT2D eigenvalue weighted by atomic mass is 9.87. The third-order valence-electron chi connectivity index (χ3n) is 7.76. The van der Waals surface area contributed by atoms with Crippen molar-refractivity contribution in [3.8, 4) is 11.1 Å². The highest BCUT2D eigenvalue weighted by atomic mass is 32.1. The number of hydrogen-bond donors (Lipinski definition) is 2. The van der Waals surface area contributed by atoms with Crippen molar-refractivity contribution in [2.75, 3.05) is 0 Å². The first-order valence-electron chi connectivity index (χ1n) is 12.5. The number of carboxylic acid groups (broad SMARTS) is 1. The Morgan fingerprint density at radius 2 is 1.69 bits per heavy atom. The molecule has 3 aliphatic rings. The fraction of sp³-hybridized carbons (Fsp3) is 0.429. The molecule has 0 radical (unpaired) electrons. The first-order valence-corrected chi connectivity index (χ1v) is 12.9. The van der Waals surface area contributed by atoms with Crippen molar-refractivity contribution in [2.24, 2.45) is 5.92 Å². The zero-order valence-electron chi connectivity index (χ0n) is 19.6. The van der Waals surface area contributed by atoms with Crippen LogP contribution in [0.15, 0.2) is 48.5 Å². The van der Waals surface area contributed by atoms with Crippen LogP contribution in [0.3, 0.4) is 0 Å². The first-order chi connectivity index (χ1) is 16.9. The molecule has 7 heteroatoms. The molecule has 0 unspecified atom stereocenters. The quantitative estimate of drug-likeness (QED) is 0.605. The van der Waals surface area contributed by atoms with E-state index in [1.54, 1.807) is 0 Å². The SMILES string of the molecule is O=C(N[C@H]1Cc2ccc(-c3ccccc3)cc2[C@H]2CCC[C@@H](C(=O)O)N2C1=O)C(=S)C1CCCC1. The second kappa shape index (κ2) is 9.90. The van der Waals surface area contributed by atoms with E-state index in [1.165, 1.54) is 4.90 Å². The predicted molar refractivity (Wildman–Crippen MR) is 137 cm³/mol. The van der Waals surface area contributed by atoms with Crippen molar-refractivity contribution < 1.29 is 19.5 Å². The standard InChI is InChI=1S/C28H30N2O4S/c31-26(25(35)18-9-4-5-10-18)29-22-16-20-14-13-19(17-7-2-1-3-8-17)15-21(20)23-11-6-12-24(28(33)34)30(23)27(22)32/h1-3,7-8,13-15,18,22-24H,4-6,9-12,16H2,(H,29,31)(H,33,34)/t22-,23+,24-/m0/s1. The predicted octanol–water partition coefficient (Wildman–Crippen LogP) is 4.46. The molecule has 0 bridgehead atoms. The summed E-state index contributed by atoms with van der Waals surface area (Å²) in [5.41, 5.74) is 4.03. The summed E-state index contributed by atoms with van der Waals surface area (Å²) in [5.74, 6) is -1.62. The average Bonchev–Trinajstić information content (AvgIpc) is 3.39. The summed E-state index contributed by atoms with van der Waals surface area (Å²) in [6.07, 6.45) is 6.09. The highest BCUT2D eigenvalue weighted by molar-refractivity contribution is 7.82. The molecule has 2 heterocycles. The van der Waals surface area contributed by atoms with E-state index in [2.05, 4.69) is 11.4 Å². The number of thiocarbonyl (C=S) groups is 1. The summed E-state index contributed by atoms with van der Waals surface area (Å²) < 4.78 is 0. The van der Waals surface area contributed by atoms with Gasteiger partial charge < -0.3 is 15.3 Å². The number of hydrogen-bond acceptors (Lipinski definition) is 4. The van der Waals surface area contributed by atoms with E-state index in [0.717, 1.165) is 54.4 Å². The minimum atomic E-state index is -1.00. The molecule has 0 spiro atoms. The molecule has 2 aliphatic heterocycles. The lowest BCUT2D eigenvalue weighted by Crippen LogP contribution is -2.56. The number of carbonyl (C=O) groups excluding carboxylic acids is 2. The molecule has 2 amide bonds. The number of nitrogens with one attached hydrogen (secondary N) is 1. The molecule has 2 aromatic carbocycles. The fourth-order valence-corrected chi connectivity index (χ4v) is 6.25. The molecule has 0 aromatic heterocycles. The molecule has 2 N–H and O–H groups in total. The fourth-order valence-electron chi connectivity index (χ4n) is 5.96. The van der Waals surface area contributed by atoms with Crippen molar-refractivity contribution in [1.82, 2.24) is 10.2 Å². The van der Waals surface area contributed by atoms with E-state index >= 15 is 0 Å². The van der Waals surface area contributed by atoms with E-state index in [-0.39, 0.29) is 23.8 Å². The number of carbonyl (C=O) groups is 3. The van der Waals surface area contributed by atoms with Gasteiger partial charge in [0, 0.05) is 6.42 Å². The van der Waals surface area contributed by atoms with Crippen molar-refractivity contribution in [1.29, 1.82) is 0 Å². The number of aliphatic carboxylic acids is 1. The molecule has 35 heavy (non-hydrogen) atoms. The van der Waals surface area contributed by atoms with Gasteiger partial charge in [0.15, 0.2) is 0 Å². The molecule has 1 saturated heterocycles. The maximum Gasteiger partial charge on any atom is 0.326 e. The number of amides is 2. The van der Waals surface area contributed by atoms with Gasteiger partial charge in [-0.2, -0.15) is 0 Å². The van der Waals surface area contributed by atoms with Crippen molar-refractivity contribution >= 4 is 34.9 Å². The first kappa shape index (κ1) is 23.7. The molecule has 6 nitrogen and oxygen atoms in total. The van der Waals surface area contributed by atoms with Gasteiger partial charge in [-0.1, -0.05) is 67.5 Å². The molecule has 2 aromatic rings. The van der Waals surface area contributed by atoms with Crippen LogP contribution in [0.5, 0.6) is 0 Å². The van der Waals surface area contributed by atoms with Crippen LogP contribution in [0.25, 0.3) is 11.1 Å². The van der Waals surface area contributed by atoms with Gasteiger partial charge >= 0.3 is 5.97 Å². The topological polar surface area (TPSA) is 86.7 Å². The highest BCUT2D eigenvalue weighted by Gasteiger charge is 2.45. The van der Waals surface area contributed by atoms with Crippen LogP contribution in [-0.2, 0) is 20.8 Å². The maximum atomic E-state index is 13.8. The third kappa shape index (κ3) is 4.61. The van der Waals surface area contributed by atoms with E-state index in [4.69, 9.17) is 12.2 Å². The van der Waals surface area contributed by atoms with E-state index in [0.29, 0.717) is 24.1 Å². The van der Waals surface area contributed by atoms with Gasteiger partial charge in [0.05, 0.1) is 10.9 Å². The van der Waals surface area contributed by atoms with E-state index < -0.39 is 18.1 Å². The number of rotatable bonds is 5. The van der Waals surface area contributed by atoms with Crippen LogP contribution in [-0.4, -0.2) is 44.7 Å². The summed E-state index contributed by atoms with van der Waals surface area (Å²) in [7, 11) is 0. The Morgan fingerprint density at radius 3 is 2.40 bits per heavy atom. The van der Waals surface area contributed by atoms with Crippen molar-refractivity contribution in [2.45, 2.75) is 69.5 Å². The van der Waals surface area contributed by atoms with Gasteiger partial charge in [0.2, 0.25) is 5.91 Å². The maximum absolute atomic E-state index is 13.8. The van der Waals surface area contributed by atoms with Crippen LogP contribution in [0, 0.1) is 5.92 Å². The monoisotopic (exact) mass is 490 g/mol. The third-order valence-corrected chi connectivity index (χ3v) is 8.27. The summed E-state index contributed by atoms with van der Waals surface area (Å²) in [5, 5.41) is 12.9. The largest absolute Gasteiger partial charge is 0.480 e. The Hall–Kier alpha value is -3.06. The summed E-state index contributed by atoms with van der Waals surface area (Å²) in [4.78, 5) is 40.9. The van der Waals surface area contributed by atoms with Gasteiger partial charge in [0.1, 0.15) is 12.1 Å². The lowest BCUT2D eigenvalue weighted by molar-refractivity contribution is -0.156. The smallest absolute Gasteiger partial charge is 0.326 e. The van der Waals surface area contributed by atoms with E-state index in [1.807, 2.05) is 42.5 Å². The molecule has 1 saturated carbocycles. The second-order valence-corrected chi connectivity index (χ2v) is 10.3. The zero-order chi connectivity index (χ0) is 24.5. The minimum Gasteiger partial charge on any atom is -0.480 e. The van der Waals surface area contributed by atoms with Crippen molar-refractivity contribution in [3.05, 3.63) is 59.7 Å². The van der Waals surface area contributed by atoms with Crippen LogP contribution in [0.4, 0.5) is 0 Å². The zero-order valence-corrected chi connectivity index (χ0v) is 20.4. The molecular weight excluding hydrogens is 460 g/mol. The minimum absolute atomic E-state index is 0.0844.